The van der Waals surface area contributed by atoms with E-state index in [1.54, 1.807) is 0 Å². The maximum absolute atomic E-state index is 12.8. The summed E-state index contributed by atoms with van der Waals surface area (Å²) in [6.07, 6.45) is 46.4. The zero-order valence-electron chi connectivity index (χ0n) is 34.1. The molecule has 1 heterocycles. The van der Waals surface area contributed by atoms with Gasteiger partial charge in [0.2, 0.25) is 5.91 Å². The Morgan fingerprint density at radius 3 is 1.20 bits per heavy atom. The van der Waals surface area contributed by atoms with Crippen molar-refractivity contribution in [2.75, 3.05) is 46.1 Å². The largest absolute Gasteiger partial charge is 0.381 e. The minimum atomic E-state index is -0.617. The van der Waals surface area contributed by atoms with Gasteiger partial charge in [0.15, 0.2) is 0 Å². The second kappa shape index (κ2) is 37.1. The molecule has 0 aromatic heterocycles. The number of likely N-dealkylation sites (tertiary alicyclic amines) is 1. The zero-order chi connectivity index (χ0) is 36.9. The van der Waals surface area contributed by atoms with E-state index in [0.717, 1.165) is 26.1 Å². The van der Waals surface area contributed by atoms with E-state index < -0.39 is 6.04 Å². The summed E-state index contributed by atoms with van der Waals surface area (Å²) in [6, 6.07) is -0.617. The highest BCUT2D eigenvalue weighted by Gasteiger charge is 2.36. The van der Waals surface area contributed by atoms with Crippen LogP contribution in [0.5, 0.6) is 0 Å². The molecular formula is C45H87N3O3. The quantitative estimate of drug-likeness (QED) is 0.0490. The molecule has 1 rings (SSSR count). The molecule has 1 amide bonds. The van der Waals surface area contributed by atoms with Gasteiger partial charge in [-0.1, -0.05) is 154 Å². The van der Waals surface area contributed by atoms with Crippen LogP contribution in [0.25, 0.3) is 0 Å². The highest BCUT2D eigenvalue weighted by molar-refractivity contribution is 5.82. The Morgan fingerprint density at radius 2 is 0.863 bits per heavy atom. The number of carbonyl (C=O) groups is 1. The van der Waals surface area contributed by atoms with Gasteiger partial charge in [-0.2, -0.15) is 0 Å². The second-order valence-corrected chi connectivity index (χ2v) is 15.6. The van der Waals surface area contributed by atoms with Crippen LogP contribution in [-0.2, 0) is 14.3 Å². The van der Waals surface area contributed by atoms with Gasteiger partial charge in [0.1, 0.15) is 0 Å². The lowest BCUT2D eigenvalue weighted by Crippen LogP contribution is -2.47. The average molecular weight is 718 g/mol. The number of hydrogen-bond acceptors (Lipinski definition) is 5. The third kappa shape index (κ3) is 28.9. The second-order valence-electron chi connectivity index (χ2n) is 15.6. The van der Waals surface area contributed by atoms with Crippen molar-refractivity contribution in [3.05, 3.63) is 24.3 Å². The zero-order valence-corrected chi connectivity index (χ0v) is 34.1. The topological polar surface area (TPSA) is 90.8 Å². The molecule has 0 aromatic rings. The first-order valence-corrected chi connectivity index (χ1v) is 22.3. The molecule has 3 atom stereocenters. The fourth-order valence-corrected chi connectivity index (χ4v) is 7.20. The summed E-state index contributed by atoms with van der Waals surface area (Å²) in [5.41, 5.74) is 11.7. The van der Waals surface area contributed by atoms with Gasteiger partial charge in [0.25, 0.3) is 0 Å². The monoisotopic (exact) mass is 718 g/mol. The van der Waals surface area contributed by atoms with Crippen LogP contribution < -0.4 is 11.5 Å². The van der Waals surface area contributed by atoms with Crippen molar-refractivity contribution in [3.8, 4) is 0 Å². The molecular weight excluding hydrogens is 631 g/mol. The van der Waals surface area contributed by atoms with Crippen molar-refractivity contribution in [2.45, 2.75) is 200 Å². The first-order chi connectivity index (χ1) is 25.1. The van der Waals surface area contributed by atoms with Crippen LogP contribution in [0.3, 0.4) is 0 Å². The number of unbranched alkanes of at least 4 members (excludes halogenated alkanes) is 24. The molecule has 0 aliphatic carbocycles. The lowest BCUT2D eigenvalue weighted by molar-refractivity contribution is -0.131. The van der Waals surface area contributed by atoms with E-state index in [2.05, 4.69) is 38.2 Å². The summed E-state index contributed by atoms with van der Waals surface area (Å²) in [7, 11) is 0. The maximum atomic E-state index is 12.8. The number of rotatable bonds is 38. The fourth-order valence-electron chi connectivity index (χ4n) is 7.20. The maximum Gasteiger partial charge on any atom is 0.240 e. The molecule has 0 radical (unpaired) electrons. The van der Waals surface area contributed by atoms with Gasteiger partial charge in [-0.3, -0.25) is 4.79 Å². The predicted molar refractivity (Wildman–Crippen MR) is 221 cm³/mol. The van der Waals surface area contributed by atoms with Crippen molar-refractivity contribution in [1.82, 2.24) is 4.90 Å². The van der Waals surface area contributed by atoms with Gasteiger partial charge >= 0.3 is 0 Å². The van der Waals surface area contributed by atoms with Crippen molar-refractivity contribution in [3.63, 3.8) is 0 Å². The van der Waals surface area contributed by atoms with E-state index in [-0.39, 0.29) is 12.5 Å². The molecule has 0 spiro atoms. The number of amides is 1. The first kappa shape index (κ1) is 47.8. The van der Waals surface area contributed by atoms with E-state index in [9.17, 15) is 4.79 Å². The molecule has 0 aromatic carbocycles. The Bertz CT molecular complexity index is 750. The molecule has 1 fully saturated rings. The molecule has 6 heteroatoms. The number of nitrogens with zero attached hydrogens (tertiary/aromatic N) is 1. The van der Waals surface area contributed by atoms with Crippen LogP contribution in [0.4, 0.5) is 0 Å². The van der Waals surface area contributed by atoms with Crippen LogP contribution >= 0.6 is 0 Å². The van der Waals surface area contributed by atoms with Gasteiger partial charge < -0.3 is 25.8 Å². The van der Waals surface area contributed by atoms with Crippen LogP contribution in [0.15, 0.2) is 24.3 Å². The van der Waals surface area contributed by atoms with E-state index in [0.29, 0.717) is 38.1 Å². The molecule has 1 aliphatic rings. The van der Waals surface area contributed by atoms with E-state index in [4.69, 9.17) is 20.9 Å². The van der Waals surface area contributed by atoms with Gasteiger partial charge in [0, 0.05) is 44.7 Å². The molecule has 0 bridgehead atoms. The van der Waals surface area contributed by atoms with E-state index in [1.807, 2.05) is 4.90 Å². The summed E-state index contributed by atoms with van der Waals surface area (Å²) < 4.78 is 12.3. The van der Waals surface area contributed by atoms with Crippen LogP contribution in [0.1, 0.15) is 194 Å². The predicted octanol–water partition coefficient (Wildman–Crippen LogP) is 11.5. The third-order valence-electron chi connectivity index (χ3n) is 10.7. The molecule has 4 N–H and O–H groups in total. The van der Waals surface area contributed by atoms with Gasteiger partial charge in [-0.05, 0) is 64.2 Å². The molecule has 300 valence electrons. The number of carbonyl (C=O) groups excluding carboxylic acids is 1. The Labute approximate surface area is 317 Å². The minimum absolute atomic E-state index is 0.0356. The average Bonchev–Trinajstić information content (AvgIpc) is 3.55. The standard InChI is InChI=1S/C45H87N3O3/c1-3-5-7-9-11-13-15-17-19-21-23-25-27-29-31-33-35-50-40-42-38-48(45(49)44(47)37-46)39-43(42)41-51-36-34-32-30-28-26-24-22-20-18-16-14-12-10-8-6-4-2/h17-20,42-44H,3-16,21-41,46-47H2,1-2H3/b19-17-,20-18-/t42-,43-,44-/m0/s1. The van der Waals surface area contributed by atoms with Crippen molar-refractivity contribution < 1.29 is 14.3 Å². The van der Waals surface area contributed by atoms with Crippen molar-refractivity contribution in [1.29, 1.82) is 0 Å². The summed E-state index contributed by atoms with van der Waals surface area (Å²) in [5.74, 6) is 0.562. The van der Waals surface area contributed by atoms with Crippen molar-refractivity contribution in [2.24, 2.45) is 23.3 Å². The SMILES string of the molecule is CCCCCCCC/C=C\CCCCCCCCOC[C@@H]1CN(C(=O)[C@@H](N)CN)C[C@H]1COCCCCCCCC/C=C\CCCCCCCC. The van der Waals surface area contributed by atoms with Crippen LogP contribution in [0.2, 0.25) is 0 Å². The molecule has 6 nitrogen and oxygen atoms in total. The normalized spacial score (nSPS) is 17.1. The minimum Gasteiger partial charge on any atom is -0.381 e. The number of nitrogens with two attached hydrogens (primary N) is 2. The molecule has 1 saturated heterocycles. The summed E-state index contributed by atoms with van der Waals surface area (Å²) >= 11 is 0. The van der Waals surface area contributed by atoms with E-state index >= 15 is 0 Å². The smallest absolute Gasteiger partial charge is 0.240 e. The lowest BCUT2D eigenvalue weighted by atomic mass is 9.98. The van der Waals surface area contributed by atoms with Gasteiger partial charge in [-0.15, -0.1) is 0 Å². The Hall–Kier alpha value is -1.21. The third-order valence-corrected chi connectivity index (χ3v) is 10.7. The van der Waals surface area contributed by atoms with Crippen LogP contribution in [-0.4, -0.2) is 62.9 Å². The first-order valence-electron chi connectivity index (χ1n) is 22.3. The van der Waals surface area contributed by atoms with E-state index in [1.165, 1.54) is 167 Å². The Kier molecular flexibility index (Phi) is 34.8. The molecule has 51 heavy (non-hydrogen) atoms. The molecule has 0 saturated carbocycles. The van der Waals surface area contributed by atoms with Crippen LogP contribution in [0, 0.1) is 11.8 Å². The Morgan fingerprint density at radius 1 is 0.549 bits per heavy atom. The molecule has 1 aliphatic heterocycles. The number of hydrogen-bond donors (Lipinski definition) is 2. The summed E-state index contributed by atoms with van der Waals surface area (Å²) in [5, 5.41) is 0. The summed E-state index contributed by atoms with van der Waals surface area (Å²) in [6.45, 7) is 9.12. The lowest BCUT2D eigenvalue weighted by Gasteiger charge is -2.20. The molecule has 0 unspecified atom stereocenters. The van der Waals surface area contributed by atoms with Gasteiger partial charge in [-0.25, -0.2) is 0 Å². The number of ether oxygens (including phenoxy) is 2. The van der Waals surface area contributed by atoms with Gasteiger partial charge in [0.05, 0.1) is 19.3 Å². The fraction of sp³-hybridized carbons (Fsp3) is 0.889. The summed E-state index contributed by atoms with van der Waals surface area (Å²) in [4.78, 5) is 14.7. The number of allylic oxidation sites excluding steroid dienone is 4. The highest BCUT2D eigenvalue weighted by atomic mass is 16.5. The highest BCUT2D eigenvalue weighted by Crippen LogP contribution is 2.25. The van der Waals surface area contributed by atoms with Crippen molar-refractivity contribution >= 4 is 5.91 Å². The Balaban J connectivity index is 2.09.